The van der Waals surface area contributed by atoms with Crippen LogP contribution in [0.1, 0.15) is 0 Å². The second kappa shape index (κ2) is 6.02. The van der Waals surface area contributed by atoms with Crippen molar-refractivity contribution < 1.29 is 18.1 Å². The standard InChI is InChI=1S/C14H14N2O5S/c1-15(11-3-7-13(21-2)8-4-11)22(19,20)14-9-5-12(6-10-14)16(17)18/h3-10H,1-2H3. The van der Waals surface area contributed by atoms with Gasteiger partial charge >= 0.3 is 0 Å². The van der Waals surface area contributed by atoms with Crippen LogP contribution in [0.5, 0.6) is 5.75 Å². The van der Waals surface area contributed by atoms with Crippen LogP contribution in [0.4, 0.5) is 11.4 Å². The van der Waals surface area contributed by atoms with Gasteiger partial charge in [-0.25, -0.2) is 8.42 Å². The summed E-state index contributed by atoms with van der Waals surface area (Å²) in [6.45, 7) is 0. The van der Waals surface area contributed by atoms with Gasteiger partial charge in [0.1, 0.15) is 5.75 Å². The van der Waals surface area contributed by atoms with Gasteiger partial charge in [-0.1, -0.05) is 0 Å². The number of benzene rings is 2. The van der Waals surface area contributed by atoms with Crippen LogP contribution in [0.25, 0.3) is 0 Å². The number of anilines is 1. The van der Waals surface area contributed by atoms with E-state index in [0.29, 0.717) is 11.4 Å². The second-order valence-electron chi connectivity index (χ2n) is 4.42. The molecule has 2 aromatic carbocycles. The average Bonchev–Trinajstić information content (AvgIpc) is 2.54. The Bertz CT molecular complexity index is 770. The van der Waals surface area contributed by atoms with Crippen molar-refractivity contribution in [1.29, 1.82) is 0 Å². The summed E-state index contributed by atoms with van der Waals surface area (Å²) in [7, 11) is -0.849. The lowest BCUT2D eigenvalue weighted by atomic mass is 10.3. The van der Waals surface area contributed by atoms with Gasteiger partial charge in [0.05, 0.1) is 22.6 Å². The highest BCUT2D eigenvalue weighted by atomic mass is 32.2. The summed E-state index contributed by atoms with van der Waals surface area (Å²) in [5.41, 5.74) is 0.296. The molecule has 116 valence electrons. The quantitative estimate of drug-likeness (QED) is 0.623. The third-order valence-corrected chi connectivity index (χ3v) is 4.94. The zero-order valence-electron chi connectivity index (χ0n) is 12.0. The van der Waals surface area contributed by atoms with E-state index < -0.39 is 14.9 Å². The Morgan fingerprint density at radius 2 is 1.59 bits per heavy atom. The van der Waals surface area contributed by atoms with E-state index in [9.17, 15) is 18.5 Å². The van der Waals surface area contributed by atoms with Crippen LogP contribution in [0.3, 0.4) is 0 Å². The summed E-state index contributed by atoms with van der Waals surface area (Å²) in [5.74, 6) is 0.616. The summed E-state index contributed by atoms with van der Waals surface area (Å²) in [6.07, 6.45) is 0. The lowest BCUT2D eigenvalue weighted by molar-refractivity contribution is -0.384. The van der Waals surface area contributed by atoms with Gasteiger partial charge in [0.25, 0.3) is 15.7 Å². The van der Waals surface area contributed by atoms with Crippen LogP contribution in [0, 0.1) is 10.1 Å². The van der Waals surface area contributed by atoms with Crippen LogP contribution < -0.4 is 9.04 Å². The van der Waals surface area contributed by atoms with E-state index >= 15 is 0 Å². The van der Waals surface area contributed by atoms with Crippen LogP contribution in [-0.2, 0) is 10.0 Å². The fourth-order valence-electron chi connectivity index (χ4n) is 1.83. The number of rotatable bonds is 5. The van der Waals surface area contributed by atoms with Crippen molar-refractivity contribution in [2.45, 2.75) is 4.90 Å². The molecule has 0 aliphatic rings. The van der Waals surface area contributed by atoms with Crippen molar-refractivity contribution in [1.82, 2.24) is 0 Å². The fraction of sp³-hybridized carbons (Fsp3) is 0.143. The Balaban J connectivity index is 2.33. The summed E-state index contributed by atoms with van der Waals surface area (Å²) in [6, 6.07) is 11.3. The minimum Gasteiger partial charge on any atom is -0.497 e. The first kappa shape index (κ1) is 15.8. The number of hydrogen-bond donors (Lipinski definition) is 0. The molecule has 0 spiro atoms. The van der Waals surface area contributed by atoms with Crippen LogP contribution >= 0.6 is 0 Å². The summed E-state index contributed by atoms with van der Waals surface area (Å²) >= 11 is 0. The van der Waals surface area contributed by atoms with Gasteiger partial charge in [-0.3, -0.25) is 14.4 Å². The Labute approximate surface area is 128 Å². The number of non-ortho nitro benzene ring substituents is 1. The molecule has 0 aromatic heterocycles. The van der Waals surface area contributed by atoms with Crippen molar-refractivity contribution in [3.05, 3.63) is 58.6 Å². The zero-order chi connectivity index (χ0) is 16.3. The normalized spacial score (nSPS) is 11.0. The molecule has 2 rings (SSSR count). The van der Waals surface area contributed by atoms with Gasteiger partial charge in [0.2, 0.25) is 0 Å². The Hall–Kier alpha value is -2.61. The fourth-order valence-corrected chi connectivity index (χ4v) is 3.02. The van der Waals surface area contributed by atoms with E-state index in [1.54, 1.807) is 24.3 Å². The Morgan fingerprint density at radius 3 is 2.05 bits per heavy atom. The van der Waals surface area contributed by atoms with Crippen molar-refractivity contribution in [2.75, 3.05) is 18.5 Å². The molecule has 0 saturated carbocycles. The highest BCUT2D eigenvalue weighted by Gasteiger charge is 2.22. The van der Waals surface area contributed by atoms with Gasteiger partial charge in [-0.15, -0.1) is 0 Å². The number of methoxy groups -OCH3 is 1. The van der Waals surface area contributed by atoms with Gasteiger partial charge in [0.15, 0.2) is 0 Å². The highest BCUT2D eigenvalue weighted by molar-refractivity contribution is 7.92. The van der Waals surface area contributed by atoms with Crippen LogP contribution in [0.15, 0.2) is 53.4 Å². The first-order valence-corrected chi connectivity index (χ1v) is 7.67. The lowest BCUT2D eigenvalue weighted by Gasteiger charge is -2.19. The van der Waals surface area contributed by atoms with E-state index in [2.05, 4.69) is 0 Å². The van der Waals surface area contributed by atoms with Crippen LogP contribution in [-0.4, -0.2) is 27.5 Å². The first-order chi connectivity index (χ1) is 10.4. The molecule has 8 heteroatoms. The predicted octanol–water partition coefficient (Wildman–Crippen LogP) is 2.43. The molecule has 0 heterocycles. The molecule has 0 aliphatic carbocycles. The van der Waals surface area contributed by atoms with Gasteiger partial charge in [0, 0.05) is 19.2 Å². The molecule has 0 bridgehead atoms. The largest absolute Gasteiger partial charge is 0.497 e. The molecular formula is C14H14N2O5S. The highest BCUT2D eigenvalue weighted by Crippen LogP contribution is 2.25. The molecule has 22 heavy (non-hydrogen) atoms. The summed E-state index contributed by atoms with van der Waals surface area (Å²) < 4.78 is 31.1. The van der Waals surface area contributed by atoms with Gasteiger partial charge in [-0.2, -0.15) is 0 Å². The number of ether oxygens (including phenoxy) is 1. The molecule has 7 nitrogen and oxygen atoms in total. The van der Waals surface area contributed by atoms with E-state index in [1.807, 2.05) is 0 Å². The average molecular weight is 322 g/mol. The zero-order valence-corrected chi connectivity index (χ0v) is 12.8. The topological polar surface area (TPSA) is 89.8 Å². The van der Waals surface area contributed by atoms with Crippen molar-refractivity contribution in [2.24, 2.45) is 0 Å². The number of nitrogens with zero attached hydrogens (tertiary/aromatic N) is 2. The van der Waals surface area contributed by atoms with Gasteiger partial charge < -0.3 is 4.74 Å². The maximum atomic E-state index is 12.5. The Kier molecular flexibility index (Phi) is 4.32. The van der Waals surface area contributed by atoms with Crippen LogP contribution in [0.2, 0.25) is 0 Å². The van der Waals surface area contributed by atoms with E-state index in [1.165, 1.54) is 26.3 Å². The maximum Gasteiger partial charge on any atom is 0.269 e. The summed E-state index contributed by atoms with van der Waals surface area (Å²) in [5, 5.41) is 10.6. The molecule has 2 aromatic rings. The van der Waals surface area contributed by atoms with Crippen molar-refractivity contribution >= 4 is 21.4 Å². The molecular weight excluding hydrogens is 308 g/mol. The minimum atomic E-state index is -3.78. The first-order valence-electron chi connectivity index (χ1n) is 6.23. The Morgan fingerprint density at radius 1 is 1.05 bits per heavy atom. The molecule has 0 N–H and O–H groups in total. The minimum absolute atomic E-state index is 0.0172. The molecule has 0 aliphatic heterocycles. The number of hydrogen-bond acceptors (Lipinski definition) is 5. The predicted molar refractivity (Wildman–Crippen MR) is 81.7 cm³/mol. The van der Waals surface area contributed by atoms with E-state index in [0.717, 1.165) is 16.4 Å². The van der Waals surface area contributed by atoms with E-state index in [4.69, 9.17) is 4.74 Å². The molecule has 0 unspecified atom stereocenters. The molecule has 0 saturated heterocycles. The second-order valence-corrected chi connectivity index (χ2v) is 6.39. The third-order valence-electron chi connectivity index (χ3n) is 3.14. The van der Waals surface area contributed by atoms with Crippen molar-refractivity contribution in [3.8, 4) is 5.75 Å². The number of nitro groups is 1. The lowest BCUT2D eigenvalue weighted by Crippen LogP contribution is -2.26. The van der Waals surface area contributed by atoms with E-state index in [-0.39, 0.29) is 10.6 Å². The number of nitro benzene ring substituents is 1. The van der Waals surface area contributed by atoms with Crippen molar-refractivity contribution in [3.63, 3.8) is 0 Å². The molecule has 0 radical (unpaired) electrons. The molecule has 0 amide bonds. The number of sulfonamides is 1. The monoisotopic (exact) mass is 322 g/mol. The smallest absolute Gasteiger partial charge is 0.269 e. The SMILES string of the molecule is COc1ccc(N(C)S(=O)(=O)c2ccc([N+](=O)[O-])cc2)cc1. The summed E-state index contributed by atoms with van der Waals surface area (Å²) in [4.78, 5) is 10.0. The molecule has 0 fully saturated rings. The third kappa shape index (κ3) is 3.01. The molecule has 0 atom stereocenters. The maximum absolute atomic E-state index is 12.5. The van der Waals surface area contributed by atoms with Gasteiger partial charge in [-0.05, 0) is 36.4 Å².